The fraction of sp³-hybridized carbons (Fsp3) is 0.588. The maximum absolute atomic E-state index is 12.0. The Kier molecular flexibility index (Phi) is 7.40. The van der Waals surface area contributed by atoms with E-state index in [4.69, 9.17) is 4.74 Å². The summed E-state index contributed by atoms with van der Waals surface area (Å²) in [7, 11) is 0. The fourth-order valence-corrected chi connectivity index (χ4v) is 2.38. The van der Waals surface area contributed by atoms with Gasteiger partial charge in [-0.3, -0.25) is 5.32 Å². The molecule has 1 rings (SSSR count). The lowest BCUT2D eigenvalue weighted by Crippen LogP contribution is -2.52. The van der Waals surface area contributed by atoms with Gasteiger partial charge in [-0.1, -0.05) is 43.7 Å². The van der Waals surface area contributed by atoms with Crippen molar-refractivity contribution >= 4 is 5.97 Å². The molecular weight excluding hydrogens is 266 g/mol. The van der Waals surface area contributed by atoms with Gasteiger partial charge in [-0.15, -0.1) is 0 Å². The molecule has 2 N–H and O–H groups in total. The summed E-state index contributed by atoms with van der Waals surface area (Å²) in [5.74, 6) is -0.860. The predicted octanol–water partition coefficient (Wildman–Crippen LogP) is 3.17. The first kappa shape index (κ1) is 17.7. The molecule has 1 aromatic rings. The van der Waals surface area contributed by atoms with Crippen molar-refractivity contribution in [3.8, 4) is 0 Å². The van der Waals surface area contributed by atoms with Crippen molar-refractivity contribution in [1.82, 2.24) is 5.32 Å². The molecular formula is C17H27NO3. The Balaban J connectivity index is 2.89. The van der Waals surface area contributed by atoms with Crippen LogP contribution in [-0.2, 0) is 15.1 Å². The number of rotatable bonds is 10. The van der Waals surface area contributed by atoms with Crippen molar-refractivity contribution in [3.05, 3.63) is 35.9 Å². The Morgan fingerprint density at radius 2 is 1.95 bits per heavy atom. The predicted molar refractivity (Wildman–Crippen MR) is 84.4 cm³/mol. The van der Waals surface area contributed by atoms with Gasteiger partial charge in [-0.05, 0) is 25.8 Å². The van der Waals surface area contributed by atoms with Crippen LogP contribution < -0.4 is 5.32 Å². The first-order chi connectivity index (χ1) is 10.0. The molecule has 118 valence electrons. The van der Waals surface area contributed by atoms with Crippen LogP contribution in [0.15, 0.2) is 30.3 Å². The van der Waals surface area contributed by atoms with Crippen LogP contribution in [0.5, 0.6) is 0 Å². The van der Waals surface area contributed by atoms with Crippen LogP contribution in [0.1, 0.15) is 45.6 Å². The van der Waals surface area contributed by atoms with Gasteiger partial charge in [0, 0.05) is 25.7 Å². The van der Waals surface area contributed by atoms with Gasteiger partial charge in [0.05, 0.1) is 0 Å². The van der Waals surface area contributed by atoms with Crippen LogP contribution in [0, 0.1) is 0 Å². The van der Waals surface area contributed by atoms with E-state index in [2.05, 4.69) is 12.2 Å². The normalized spacial score (nSPS) is 14.1. The summed E-state index contributed by atoms with van der Waals surface area (Å²) >= 11 is 0. The summed E-state index contributed by atoms with van der Waals surface area (Å²) in [6.07, 6.45) is 2.49. The molecule has 0 heterocycles. The molecule has 0 aromatic heterocycles. The van der Waals surface area contributed by atoms with Crippen LogP contribution in [0.3, 0.4) is 0 Å². The Morgan fingerprint density at radius 3 is 2.48 bits per heavy atom. The number of unbranched alkanes of at least 4 members (excludes halogenated alkanes) is 1. The van der Waals surface area contributed by atoms with Crippen molar-refractivity contribution < 1.29 is 14.6 Å². The highest BCUT2D eigenvalue weighted by Gasteiger charge is 2.40. The molecule has 0 saturated carbocycles. The molecule has 0 bridgehead atoms. The first-order valence-corrected chi connectivity index (χ1v) is 7.67. The van der Waals surface area contributed by atoms with E-state index in [-0.39, 0.29) is 6.04 Å². The molecule has 0 spiro atoms. The van der Waals surface area contributed by atoms with E-state index < -0.39 is 11.5 Å². The zero-order chi connectivity index (χ0) is 15.7. The lowest BCUT2D eigenvalue weighted by molar-refractivity contribution is -0.146. The fourth-order valence-electron chi connectivity index (χ4n) is 2.38. The largest absolute Gasteiger partial charge is 0.480 e. The van der Waals surface area contributed by atoms with Gasteiger partial charge in [0.15, 0.2) is 0 Å². The van der Waals surface area contributed by atoms with Crippen LogP contribution in [-0.4, -0.2) is 30.3 Å². The SMILES string of the molecule is CCCCOCCC(NC(C)C)(C(=O)O)c1ccccc1. The lowest BCUT2D eigenvalue weighted by atomic mass is 9.86. The van der Waals surface area contributed by atoms with E-state index in [1.165, 1.54) is 0 Å². The minimum Gasteiger partial charge on any atom is -0.480 e. The minimum atomic E-state index is -1.10. The maximum atomic E-state index is 12.0. The summed E-state index contributed by atoms with van der Waals surface area (Å²) in [5, 5.41) is 13.0. The molecule has 0 amide bonds. The Hall–Kier alpha value is -1.39. The van der Waals surface area contributed by atoms with Crippen LogP contribution in [0.2, 0.25) is 0 Å². The Bertz CT molecular complexity index is 419. The van der Waals surface area contributed by atoms with E-state index in [1.54, 1.807) is 0 Å². The highest BCUT2D eigenvalue weighted by molar-refractivity contribution is 5.80. The summed E-state index contributed by atoms with van der Waals surface area (Å²) in [6.45, 7) is 7.13. The second-order valence-corrected chi connectivity index (χ2v) is 5.59. The maximum Gasteiger partial charge on any atom is 0.328 e. The van der Waals surface area contributed by atoms with E-state index in [0.717, 1.165) is 18.4 Å². The smallest absolute Gasteiger partial charge is 0.328 e. The number of ether oxygens (including phenoxy) is 1. The molecule has 0 aliphatic carbocycles. The third-order valence-corrected chi connectivity index (χ3v) is 3.43. The molecule has 4 heteroatoms. The lowest BCUT2D eigenvalue weighted by Gasteiger charge is -2.33. The molecule has 0 radical (unpaired) electrons. The number of benzene rings is 1. The van der Waals surface area contributed by atoms with Gasteiger partial charge < -0.3 is 9.84 Å². The molecule has 0 saturated heterocycles. The summed E-state index contributed by atoms with van der Waals surface area (Å²) in [6, 6.07) is 9.41. The Labute approximate surface area is 127 Å². The average Bonchev–Trinajstić information content (AvgIpc) is 2.46. The van der Waals surface area contributed by atoms with Crippen molar-refractivity contribution in [2.24, 2.45) is 0 Å². The topological polar surface area (TPSA) is 58.6 Å². The second-order valence-electron chi connectivity index (χ2n) is 5.59. The number of carbonyl (C=O) groups is 1. The van der Waals surface area contributed by atoms with E-state index in [1.807, 2.05) is 44.2 Å². The highest BCUT2D eigenvalue weighted by Crippen LogP contribution is 2.26. The zero-order valence-electron chi connectivity index (χ0n) is 13.3. The van der Waals surface area contributed by atoms with Crippen molar-refractivity contribution in [3.63, 3.8) is 0 Å². The molecule has 0 fully saturated rings. The minimum absolute atomic E-state index is 0.0666. The van der Waals surface area contributed by atoms with Crippen LogP contribution in [0.25, 0.3) is 0 Å². The summed E-state index contributed by atoms with van der Waals surface area (Å²) in [4.78, 5) is 12.0. The summed E-state index contributed by atoms with van der Waals surface area (Å²) < 4.78 is 5.58. The first-order valence-electron chi connectivity index (χ1n) is 7.67. The zero-order valence-corrected chi connectivity index (χ0v) is 13.3. The molecule has 0 aliphatic rings. The highest BCUT2D eigenvalue weighted by atomic mass is 16.5. The van der Waals surface area contributed by atoms with Crippen molar-refractivity contribution in [2.45, 2.75) is 51.6 Å². The quantitative estimate of drug-likeness (QED) is 0.651. The van der Waals surface area contributed by atoms with Gasteiger partial charge in [0.2, 0.25) is 0 Å². The van der Waals surface area contributed by atoms with Gasteiger partial charge in [0.1, 0.15) is 5.54 Å². The molecule has 1 aromatic carbocycles. The number of aliphatic carboxylic acids is 1. The van der Waals surface area contributed by atoms with Gasteiger partial charge in [0.25, 0.3) is 0 Å². The molecule has 0 aliphatic heterocycles. The monoisotopic (exact) mass is 293 g/mol. The molecule has 4 nitrogen and oxygen atoms in total. The number of carboxylic acids is 1. The number of nitrogens with one attached hydrogen (secondary N) is 1. The third-order valence-electron chi connectivity index (χ3n) is 3.43. The van der Waals surface area contributed by atoms with Crippen LogP contribution in [0.4, 0.5) is 0 Å². The third kappa shape index (κ3) is 5.14. The number of hydrogen-bond donors (Lipinski definition) is 2. The van der Waals surface area contributed by atoms with Gasteiger partial charge in [-0.2, -0.15) is 0 Å². The Morgan fingerprint density at radius 1 is 1.29 bits per heavy atom. The molecule has 1 unspecified atom stereocenters. The molecule has 1 atom stereocenters. The van der Waals surface area contributed by atoms with E-state index in [0.29, 0.717) is 19.6 Å². The number of hydrogen-bond acceptors (Lipinski definition) is 3. The second kappa shape index (κ2) is 8.80. The standard InChI is InChI=1S/C17H27NO3/c1-4-5-12-21-13-11-17(16(19)20,18-14(2)3)15-9-7-6-8-10-15/h6-10,14,18H,4-5,11-13H2,1-3H3,(H,19,20). The molecule has 21 heavy (non-hydrogen) atoms. The average molecular weight is 293 g/mol. The van der Waals surface area contributed by atoms with Crippen molar-refractivity contribution in [1.29, 1.82) is 0 Å². The number of carboxylic acid groups (broad SMARTS) is 1. The van der Waals surface area contributed by atoms with E-state index in [9.17, 15) is 9.90 Å². The van der Waals surface area contributed by atoms with Gasteiger partial charge >= 0.3 is 5.97 Å². The van der Waals surface area contributed by atoms with Crippen molar-refractivity contribution in [2.75, 3.05) is 13.2 Å². The van der Waals surface area contributed by atoms with Gasteiger partial charge in [-0.25, -0.2) is 4.79 Å². The van der Waals surface area contributed by atoms with Crippen LogP contribution >= 0.6 is 0 Å². The summed E-state index contributed by atoms with van der Waals surface area (Å²) in [5.41, 5.74) is -0.327. The van der Waals surface area contributed by atoms with E-state index >= 15 is 0 Å².